The summed E-state index contributed by atoms with van der Waals surface area (Å²) >= 11 is 0. The van der Waals surface area contributed by atoms with Crippen molar-refractivity contribution in [2.24, 2.45) is 5.92 Å². The van der Waals surface area contributed by atoms with Gasteiger partial charge < -0.3 is 19.7 Å². The standard InChI is InChI=1S/C27H26N2O4/c1-18-7-10-21(11-8-18)27(31)29-15-22(20-5-3-2-4-6-20)23(16-29)26(30)28-14-19-9-12-24-25(13-19)33-17-32-24/h2-13,22-23H,14-17H2,1H3,(H,28,30). The third kappa shape index (κ3) is 4.42. The van der Waals surface area contributed by atoms with Gasteiger partial charge in [-0.05, 0) is 42.3 Å². The molecule has 0 spiro atoms. The second-order valence-corrected chi connectivity index (χ2v) is 8.61. The van der Waals surface area contributed by atoms with Crippen LogP contribution in [0.4, 0.5) is 0 Å². The molecular formula is C27H26N2O4. The molecule has 2 atom stereocenters. The topological polar surface area (TPSA) is 67.9 Å². The molecule has 6 nitrogen and oxygen atoms in total. The number of nitrogens with one attached hydrogen (secondary N) is 1. The first-order valence-electron chi connectivity index (χ1n) is 11.2. The minimum Gasteiger partial charge on any atom is -0.454 e. The molecule has 1 N–H and O–H groups in total. The van der Waals surface area contributed by atoms with E-state index in [1.54, 1.807) is 4.90 Å². The molecule has 2 heterocycles. The Kier molecular flexibility index (Phi) is 5.73. The van der Waals surface area contributed by atoms with E-state index in [-0.39, 0.29) is 30.4 Å². The van der Waals surface area contributed by atoms with Crippen LogP contribution in [0.25, 0.3) is 0 Å². The fourth-order valence-electron chi connectivity index (χ4n) is 4.52. The van der Waals surface area contributed by atoms with E-state index in [9.17, 15) is 9.59 Å². The van der Waals surface area contributed by atoms with Crippen LogP contribution in [0.1, 0.15) is 33.0 Å². The Morgan fingerprint density at radius 1 is 0.939 bits per heavy atom. The molecule has 0 aromatic heterocycles. The first kappa shape index (κ1) is 21.1. The lowest BCUT2D eigenvalue weighted by atomic mass is 9.88. The summed E-state index contributed by atoms with van der Waals surface area (Å²) in [5.41, 5.74) is 3.76. The largest absolute Gasteiger partial charge is 0.454 e. The molecule has 6 heteroatoms. The third-order valence-corrected chi connectivity index (χ3v) is 6.37. The highest BCUT2D eigenvalue weighted by molar-refractivity contribution is 5.95. The maximum absolute atomic E-state index is 13.3. The first-order chi connectivity index (χ1) is 16.1. The summed E-state index contributed by atoms with van der Waals surface area (Å²) in [6.07, 6.45) is 0. The van der Waals surface area contributed by atoms with E-state index in [0.29, 0.717) is 30.9 Å². The molecule has 2 amide bonds. The molecule has 3 aromatic carbocycles. The fourth-order valence-corrected chi connectivity index (χ4v) is 4.52. The molecule has 1 fully saturated rings. The molecule has 5 rings (SSSR count). The number of likely N-dealkylation sites (tertiary alicyclic amines) is 1. The van der Waals surface area contributed by atoms with Crippen molar-refractivity contribution < 1.29 is 19.1 Å². The highest BCUT2D eigenvalue weighted by atomic mass is 16.7. The van der Waals surface area contributed by atoms with E-state index in [2.05, 4.69) is 5.32 Å². The van der Waals surface area contributed by atoms with E-state index in [1.807, 2.05) is 79.7 Å². The van der Waals surface area contributed by atoms with Gasteiger partial charge in [-0.15, -0.1) is 0 Å². The maximum atomic E-state index is 13.3. The molecule has 0 radical (unpaired) electrons. The van der Waals surface area contributed by atoms with Gasteiger partial charge in [0.1, 0.15) is 0 Å². The van der Waals surface area contributed by atoms with Crippen molar-refractivity contribution in [1.29, 1.82) is 0 Å². The van der Waals surface area contributed by atoms with Crippen LogP contribution in [0.3, 0.4) is 0 Å². The number of fused-ring (bicyclic) bond motifs is 1. The van der Waals surface area contributed by atoms with Gasteiger partial charge in [0, 0.05) is 31.1 Å². The summed E-state index contributed by atoms with van der Waals surface area (Å²) < 4.78 is 10.8. The summed E-state index contributed by atoms with van der Waals surface area (Å²) in [6, 6.07) is 23.2. The highest BCUT2D eigenvalue weighted by Crippen LogP contribution is 2.35. The molecule has 0 bridgehead atoms. The Morgan fingerprint density at radius 2 is 1.70 bits per heavy atom. The molecule has 2 aliphatic rings. The average Bonchev–Trinajstić information content (AvgIpc) is 3.50. The van der Waals surface area contributed by atoms with Gasteiger partial charge >= 0.3 is 0 Å². The van der Waals surface area contributed by atoms with Gasteiger partial charge in [-0.25, -0.2) is 0 Å². The summed E-state index contributed by atoms with van der Waals surface area (Å²) in [5, 5.41) is 3.07. The number of carbonyl (C=O) groups excluding carboxylic acids is 2. The second kappa shape index (κ2) is 8.98. The zero-order valence-corrected chi connectivity index (χ0v) is 18.5. The quantitative estimate of drug-likeness (QED) is 0.651. The number of amides is 2. The molecule has 0 aliphatic carbocycles. The average molecular weight is 443 g/mol. The summed E-state index contributed by atoms with van der Waals surface area (Å²) in [7, 11) is 0. The van der Waals surface area contributed by atoms with Crippen LogP contribution >= 0.6 is 0 Å². The van der Waals surface area contributed by atoms with Crippen LogP contribution in [-0.2, 0) is 11.3 Å². The number of hydrogen-bond donors (Lipinski definition) is 1. The third-order valence-electron chi connectivity index (χ3n) is 6.37. The first-order valence-corrected chi connectivity index (χ1v) is 11.2. The SMILES string of the molecule is Cc1ccc(C(=O)N2CC(C(=O)NCc3ccc4c(c3)OCO4)C(c3ccccc3)C2)cc1. The predicted molar refractivity (Wildman–Crippen MR) is 124 cm³/mol. The number of ether oxygens (including phenoxy) is 2. The lowest BCUT2D eigenvalue weighted by Crippen LogP contribution is -2.35. The van der Waals surface area contributed by atoms with E-state index < -0.39 is 0 Å². The van der Waals surface area contributed by atoms with Gasteiger partial charge in [-0.2, -0.15) is 0 Å². The van der Waals surface area contributed by atoms with Crippen LogP contribution in [0.5, 0.6) is 11.5 Å². The van der Waals surface area contributed by atoms with Gasteiger partial charge in [0.15, 0.2) is 11.5 Å². The lowest BCUT2D eigenvalue weighted by Gasteiger charge is -2.18. The maximum Gasteiger partial charge on any atom is 0.253 e. The molecule has 0 saturated carbocycles. The Labute approximate surface area is 193 Å². The second-order valence-electron chi connectivity index (χ2n) is 8.61. The van der Waals surface area contributed by atoms with E-state index in [4.69, 9.17) is 9.47 Å². The summed E-state index contributed by atoms with van der Waals surface area (Å²) in [5.74, 6) is 0.936. The van der Waals surface area contributed by atoms with E-state index in [0.717, 1.165) is 22.4 Å². The Morgan fingerprint density at radius 3 is 2.48 bits per heavy atom. The van der Waals surface area contributed by atoms with E-state index in [1.165, 1.54) is 0 Å². The van der Waals surface area contributed by atoms with Crippen molar-refractivity contribution in [1.82, 2.24) is 10.2 Å². The van der Waals surface area contributed by atoms with Crippen molar-refractivity contribution >= 4 is 11.8 Å². The van der Waals surface area contributed by atoms with Gasteiger partial charge in [0.05, 0.1) is 5.92 Å². The monoisotopic (exact) mass is 442 g/mol. The van der Waals surface area contributed by atoms with Gasteiger partial charge in [0.2, 0.25) is 12.7 Å². The Bertz CT molecular complexity index is 1160. The minimum absolute atomic E-state index is 0.0398. The summed E-state index contributed by atoms with van der Waals surface area (Å²) in [6.45, 7) is 3.50. The van der Waals surface area contributed by atoms with Crippen LogP contribution in [0.15, 0.2) is 72.8 Å². The molecule has 3 aromatic rings. The minimum atomic E-state index is -0.323. The highest BCUT2D eigenvalue weighted by Gasteiger charge is 2.40. The van der Waals surface area contributed by atoms with Crippen LogP contribution < -0.4 is 14.8 Å². The zero-order chi connectivity index (χ0) is 22.8. The normalized spacial score (nSPS) is 18.9. The van der Waals surface area contributed by atoms with Crippen molar-refractivity contribution in [3.63, 3.8) is 0 Å². The molecule has 33 heavy (non-hydrogen) atoms. The van der Waals surface area contributed by atoms with Gasteiger partial charge in [0.25, 0.3) is 5.91 Å². The smallest absolute Gasteiger partial charge is 0.253 e. The van der Waals surface area contributed by atoms with Gasteiger partial charge in [-0.3, -0.25) is 9.59 Å². The van der Waals surface area contributed by atoms with Crippen molar-refractivity contribution in [2.75, 3.05) is 19.9 Å². The Balaban J connectivity index is 1.32. The van der Waals surface area contributed by atoms with Crippen molar-refractivity contribution in [3.05, 3.63) is 95.1 Å². The number of benzene rings is 3. The molecule has 168 valence electrons. The Hall–Kier alpha value is -3.80. The van der Waals surface area contributed by atoms with E-state index >= 15 is 0 Å². The predicted octanol–water partition coefficient (Wildman–Crippen LogP) is 3.90. The lowest BCUT2D eigenvalue weighted by molar-refractivity contribution is -0.125. The number of rotatable bonds is 5. The van der Waals surface area contributed by atoms with Crippen molar-refractivity contribution in [2.45, 2.75) is 19.4 Å². The van der Waals surface area contributed by atoms with Crippen LogP contribution in [0.2, 0.25) is 0 Å². The number of aryl methyl sites for hydroxylation is 1. The van der Waals surface area contributed by atoms with Gasteiger partial charge in [-0.1, -0.05) is 54.1 Å². The molecule has 1 saturated heterocycles. The van der Waals surface area contributed by atoms with Crippen LogP contribution in [-0.4, -0.2) is 36.6 Å². The summed E-state index contributed by atoms with van der Waals surface area (Å²) in [4.78, 5) is 28.2. The molecule has 2 unspecified atom stereocenters. The van der Waals surface area contributed by atoms with Crippen molar-refractivity contribution in [3.8, 4) is 11.5 Å². The fraction of sp³-hybridized carbons (Fsp3) is 0.259. The number of hydrogen-bond acceptors (Lipinski definition) is 4. The molecular weight excluding hydrogens is 416 g/mol. The van der Waals surface area contributed by atoms with Crippen LogP contribution in [0, 0.1) is 12.8 Å². The zero-order valence-electron chi connectivity index (χ0n) is 18.5. The number of nitrogens with zero attached hydrogens (tertiary/aromatic N) is 1. The number of carbonyl (C=O) groups is 2. The molecule has 2 aliphatic heterocycles.